The first kappa shape index (κ1) is 20.0. The Morgan fingerprint density at radius 1 is 1.21 bits per heavy atom. The minimum absolute atomic E-state index is 0.0371. The molecule has 2 aliphatic rings. The summed E-state index contributed by atoms with van der Waals surface area (Å²) in [5, 5.41) is 12.9. The fourth-order valence-corrected chi connectivity index (χ4v) is 5.35. The number of amides is 1. The highest BCUT2D eigenvalue weighted by molar-refractivity contribution is 7.89. The molecular weight excluding hydrogens is 394 g/mol. The van der Waals surface area contributed by atoms with Crippen LogP contribution in [0, 0.1) is 0 Å². The second-order valence-corrected chi connectivity index (χ2v) is 9.74. The topological polar surface area (TPSA) is 106 Å². The van der Waals surface area contributed by atoms with E-state index in [9.17, 15) is 13.2 Å². The van der Waals surface area contributed by atoms with Crippen LogP contribution in [0.3, 0.4) is 0 Å². The molecule has 2 aliphatic heterocycles. The van der Waals surface area contributed by atoms with E-state index >= 15 is 0 Å². The van der Waals surface area contributed by atoms with Crippen molar-refractivity contribution in [2.45, 2.75) is 52.2 Å². The number of aromatic nitrogens is 5. The molecule has 1 unspecified atom stereocenters. The molecule has 0 aliphatic carbocycles. The number of nitrogens with zero attached hydrogens (tertiary/aromatic N) is 7. The average molecular weight is 422 g/mol. The van der Waals surface area contributed by atoms with Gasteiger partial charge in [-0.1, -0.05) is 0 Å². The van der Waals surface area contributed by atoms with Gasteiger partial charge in [0.05, 0.1) is 12.3 Å². The minimum atomic E-state index is -3.20. The van der Waals surface area contributed by atoms with Gasteiger partial charge in [0.2, 0.25) is 10.0 Å². The molecule has 0 saturated carbocycles. The third kappa shape index (κ3) is 3.68. The summed E-state index contributed by atoms with van der Waals surface area (Å²) < 4.78 is 29.9. The molecule has 4 heterocycles. The Labute approximate surface area is 170 Å². The Morgan fingerprint density at radius 2 is 2.03 bits per heavy atom. The number of piperidine rings is 1. The Bertz CT molecular complexity index is 997. The van der Waals surface area contributed by atoms with E-state index < -0.39 is 10.0 Å². The molecule has 4 rings (SSSR count). The van der Waals surface area contributed by atoms with E-state index in [1.165, 1.54) is 0 Å². The van der Waals surface area contributed by atoms with Crippen molar-refractivity contribution in [2.24, 2.45) is 0 Å². The van der Waals surface area contributed by atoms with E-state index in [0.717, 1.165) is 24.5 Å². The number of carbonyl (C=O) groups excluding carboxylic acids is 1. The van der Waals surface area contributed by atoms with E-state index in [1.54, 1.807) is 33.1 Å². The van der Waals surface area contributed by atoms with Crippen LogP contribution in [0.15, 0.2) is 12.3 Å². The number of fused-ring (bicyclic) bond motifs is 1. The molecule has 0 bridgehead atoms. The quantitative estimate of drug-likeness (QED) is 0.703. The molecule has 11 heteroatoms. The third-order valence-corrected chi connectivity index (χ3v) is 7.66. The first-order valence-electron chi connectivity index (χ1n) is 10.2. The lowest BCUT2D eigenvalue weighted by molar-refractivity contribution is 0.0693. The first-order chi connectivity index (χ1) is 13.9. The molecule has 1 saturated heterocycles. The fourth-order valence-electron chi connectivity index (χ4n) is 4.17. The van der Waals surface area contributed by atoms with Crippen molar-refractivity contribution < 1.29 is 13.2 Å². The molecule has 158 valence electrons. The molecule has 0 N–H and O–H groups in total. The van der Waals surface area contributed by atoms with Gasteiger partial charge in [0.25, 0.3) is 5.91 Å². The van der Waals surface area contributed by atoms with Crippen LogP contribution in [0.2, 0.25) is 0 Å². The van der Waals surface area contributed by atoms with Crippen LogP contribution in [0.4, 0.5) is 0 Å². The van der Waals surface area contributed by atoms with Crippen molar-refractivity contribution >= 4 is 15.9 Å². The number of hydrogen-bond acceptors (Lipinski definition) is 6. The monoisotopic (exact) mass is 421 g/mol. The van der Waals surface area contributed by atoms with Crippen LogP contribution in [-0.2, 0) is 29.7 Å². The van der Waals surface area contributed by atoms with Gasteiger partial charge in [-0.15, -0.1) is 10.2 Å². The highest BCUT2D eigenvalue weighted by Gasteiger charge is 2.33. The van der Waals surface area contributed by atoms with Gasteiger partial charge in [-0.3, -0.25) is 9.48 Å². The number of carbonyl (C=O) groups is 1. The van der Waals surface area contributed by atoms with Crippen molar-refractivity contribution in [3.63, 3.8) is 0 Å². The Balaban J connectivity index is 1.51. The average Bonchev–Trinajstić information content (AvgIpc) is 3.39. The zero-order valence-electron chi connectivity index (χ0n) is 16.9. The van der Waals surface area contributed by atoms with Crippen molar-refractivity contribution in [1.82, 2.24) is 33.8 Å². The molecule has 29 heavy (non-hydrogen) atoms. The maximum Gasteiger partial charge on any atom is 0.272 e. The Hall–Kier alpha value is -2.27. The SMILES string of the molecule is CCn1nccc1C(=O)N1CCn2c(nnc2C2CCCN(S(=O)(=O)CC)C2)C1. The zero-order chi connectivity index (χ0) is 20.6. The highest BCUT2D eigenvalue weighted by atomic mass is 32.2. The molecule has 1 fully saturated rings. The smallest absolute Gasteiger partial charge is 0.272 e. The van der Waals surface area contributed by atoms with Gasteiger partial charge in [-0.05, 0) is 32.8 Å². The first-order valence-corrected chi connectivity index (χ1v) is 11.8. The van der Waals surface area contributed by atoms with Crippen LogP contribution in [0.5, 0.6) is 0 Å². The summed E-state index contributed by atoms with van der Waals surface area (Å²) in [6, 6.07) is 1.74. The maximum absolute atomic E-state index is 12.9. The van der Waals surface area contributed by atoms with Gasteiger partial charge in [0.1, 0.15) is 11.5 Å². The fraction of sp³-hybridized carbons (Fsp3) is 0.667. The van der Waals surface area contributed by atoms with Crippen LogP contribution in [0.1, 0.15) is 54.7 Å². The molecule has 0 spiro atoms. The van der Waals surface area contributed by atoms with Crippen LogP contribution >= 0.6 is 0 Å². The van der Waals surface area contributed by atoms with Crippen molar-refractivity contribution in [3.05, 3.63) is 29.6 Å². The molecule has 0 aromatic carbocycles. The molecule has 0 radical (unpaired) electrons. The molecular formula is C18H27N7O3S. The predicted octanol–water partition coefficient (Wildman–Crippen LogP) is 0.680. The van der Waals surface area contributed by atoms with Gasteiger partial charge >= 0.3 is 0 Å². The summed E-state index contributed by atoms with van der Waals surface area (Å²) in [4.78, 5) is 14.6. The summed E-state index contributed by atoms with van der Waals surface area (Å²) in [7, 11) is -3.20. The standard InChI is InChI=1S/C18H27N7O3S/c1-3-25-15(7-8-19-25)18(26)22-10-11-24-16(13-22)20-21-17(24)14-6-5-9-23(12-14)29(27,28)4-2/h7-8,14H,3-6,9-13H2,1-2H3. The van der Waals surface area contributed by atoms with Gasteiger partial charge in [-0.2, -0.15) is 5.10 Å². The van der Waals surface area contributed by atoms with E-state index in [4.69, 9.17) is 0 Å². The summed E-state index contributed by atoms with van der Waals surface area (Å²) in [5.74, 6) is 1.68. The molecule has 1 amide bonds. The van der Waals surface area contributed by atoms with Gasteiger partial charge in [0, 0.05) is 44.8 Å². The third-order valence-electron chi connectivity index (χ3n) is 5.81. The highest BCUT2D eigenvalue weighted by Crippen LogP contribution is 2.29. The van der Waals surface area contributed by atoms with E-state index in [-0.39, 0.29) is 17.6 Å². The van der Waals surface area contributed by atoms with Gasteiger partial charge in [0.15, 0.2) is 5.82 Å². The normalized spacial score (nSPS) is 20.6. The van der Waals surface area contributed by atoms with Gasteiger partial charge in [-0.25, -0.2) is 12.7 Å². The lowest BCUT2D eigenvalue weighted by atomic mass is 9.98. The van der Waals surface area contributed by atoms with Crippen LogP contribution in [-0.4, -0.2) is 73.5 Å². The number of hydrogen-bond donors (Lipinski definition) is 0. The summed E-state index contributed by atoms with van der Waals surface area (Å²) in [5.41, 5.74) is 0.577. The largest absolute Gasteiger partial charge is 0.328 e. The lowest BCUT2D eigenvalue weighted by Crippen LogP contribution is -2.42. The van der Waals surface area contributed by atoms with E-state index in [0.29, 0.717) is 45.0 Å². The second-order valence-electron chi connectivity index (χ2n) is 7.48. The van der Waals surface area contributed by atoms with Crippen molar-refractivity contribution in [3.8, 4) is 0 Å². The second kappa shape index (κ2) is 7.86. The van der Waals surface area contributed by atoms with E-state index in [2.05, 4.69) is 19.9 Å². The van der Waals surface area contributed by atoms with Crippen molar-refractivity contribution in [2.75, 3.05) is 25.4 Å². The lowest BCUT2D eigenvalue weighted by Gasteiger charge is -2.33. The van der Waals surface area contributed by atoms with Crippen molar-refractivity contribution in [1.29, 1.82) is 0 Å². The molecule has 2 aromatic heterocycles. The maximum atomic E-state index is 12.9. The summed E-state index contributed by atoms with van der Waals surface area (Å²) >= 11 is 0. The molecule has 10 nitrogen and oxygen atoms in total. The predicted molar refractivity (Wildman–Crippen MR) is 106 cm³/mol. The van der Waals surface area contributed by atoms with E-state index in [1.807, 2.05) is 6.92 Å². The number of sulfonamides is 1. The van der Waals surface area contributed by atoms with Gasteiger partial charge < -0.3 is 9.47 Å². The molecule has 2 aromatic rings. The Kier molecular flexibility index (Phi) is 5.43. The van der Waals surface area contributed by atoms with Crippen LogP contribution < -0.4 is 0 Å². The Morgan fingerprint density at radius 3 is 2.79 bits per heavy atom. The number of aryl methyl sites for hydroxylation is 1. The summed E-state index contributed by atoms with van der Waals surface area (Å²) in [6.45, 7) is 6.86. The van der Waals surface area contributed by atoms with Crippen LogP contribution in [0.25, 0.3) is 0 Å². The zero-order valence-corrected chi connectivity index (χ0v) is 17.7. The minimum Gasteiger partial charge on any atom is -0.328 e. The summed E-state index contributed by atoms with van der Waals surface area (Å²) in [6.07, 6.45) is 3.35. The molecule has 1 atom stereocenters. The number of rotatable bonds is 5.